The fraction of sp³-hybridized carbons (Fsp3) is 0.238. The first-order chi connectivity index (χ1) is 10.8. The maximum atomic E-state index is 2.53. The highest BCUT2D eigenvalue weighted by molar-refractivity contribution is 5.77. The van der Waals surface area contributed by atoms with Crippen molar-refractivity contribution in [3.05, 3.63) is 76.4 Å². The van der Waals surface area contributed by atoms with Gasteiger partial charge in [0.05, 0.1) is 6.04 Å². The molecule has 22 heavy (non-hydrogen) atoms. The summed E-state index contributed by atoms with van der Waals surface area (Å²) in [6.07, 6.45) is 11.6. The zero-order chi connectivity index (χ0) is 14.7. The van der Waals surface area contributed by atoms with Crippen molar-refractivity contribution in [2.24, 2.45) is 0 Å². The molecular weight excluding hydrogens is 266 g/mol. The van der Waals surface area contributed by atoms with Gasteiger partial charge in [0.15, 0.2) is 0 Å². The van der Waals surface area contributed by atoms with Gasteiger partial charge in [-0.05, 0) is 40.7 Å². The fourth-order valence-corrected chi connectivity index (χ4v) is 4.51. The Balaban J connectivity index is 1.74. The Morgan fingerprint density at radius 3 is 2.82 bits per heavy atom. The zero-order valence-electron chi connectivity index (χ0n) is 12.8. The zero-order valence-corrected chi connectivity index (χ0v) is 12.8. The molecule has 1 aliphatic heterocycles. The number of hydrogen-bond donors (Lipinski definition) is 0. The molecular formula is C21H19N. The Labute approximate surface area is 131 Å². The molecule has 0 aromatic heterocycles. The summed E-state index contributed by atoms with van der Waals surface area (Å²) < 4.78 is 0. The molecule has 0 spiro atoms. The van der Waals surface area contributed by atoms with E-state index in [-0.39, 0.29) is 0 Å². The quantitative estimate of drug-likeness (QED) is 0.662. The summed E-state index contributed by atoms with van der Waals surface area (Å²) in [4.78, 5) is 2.53. The van der Waals surface area contributed by atoms with Crippen LogP contribution in [0, 0.1) is 0 Å². The standard InChI is InChI=1S/C21H19N/c1-22-20-16-8-4-2-6-14(16)10-12-18(20)19-13-11-15-7-3-5-9-17(15)21(19)22/h2-4,6-8,10-13,18,20H,5,9H2,1H3. The maximum absolute atomic E-state index is 2.53. The number of nitrogens with zero attached hydrogens (tertiary/aromatic N) is 1. The third-order valence-electron chi connectivity index (χ3n) is 5.48. The highest BCUT2D eigenvalue weighted by atomic mass is 15.2. The summed E-state index contributed by atoms with van der Waals surface area (Å²) in [5.74, 6) is 0.492. The molecule has 0 saturated heterocycles. The highest BCUT2D eigenvalue weighted by Crippen LogP contribution is 2.54. The van der Waals surface area contributed by atoms with Crippen molar-refractivity contribution in [3.8, 4) is 0 Å². The van der Waals surface area contributed by atoms with E-state index in [0.717, 1.165) is 0 Å². The van der Waals surface area contributed by atoms with Crippen LogP contribution in [0.3, 0.4) is 0 Å². The molecule has 1 nitrogen and oxygen atoms in total. The van der Waals surface area contributed by atoms with Gasteiger partial charge in [0.2, 0.25) is 0 Å². The van der Waals surface area contributed by atoms with Gasteiger partial charge < -0.3 is 4.90 Å². The maximum Gasteiger partial charge on any atom is 0.0649 e. The Morgan fingerprint density at radius 2 is 1.86 bits per heavy atom. The second kappa shape index (κ2) is 4.36. The molecule has 3 aliphatic rings. The van der Waals surface area contributed by atoms with E-state index < -0.39 is 0 Å². The molecule has 0 amide bonds. The number of fused-ring (bicyclic) bond motifs is 7. The molecule has 0 N–H and O–H groups in total. The lowest BCUT2D eigenvalue weighted by Crippen LogP contribution is -2.24. The topological polar surface area (TPSA) is 3.24 Å². The number of rotatable bonds is 0. The van der Waals surface area contributed by atoms with Crippen molar-refractivity contribution in [1.82, 2.24) is 0 Å². The van der Waals surface area contributed by atoms with E-state index in [1.165, 1.54) is 40.8 Å². The van der Waals surface area contributed by atoms with Crippen LogP contribution in [0.2, 0.25) is 0 Å². The number of allylic oxidation sites excluding steroid dienone is 1. The van der Waals surface area contributed by atoms with Gasteiger partial charge in [0.1, 0.15) is 0 Å². The number of hydrogen-bond acceptors (Lipinski definition) is 1. The monoisotopic (exact) mass is 285 g/mol. The average Bonchev–Trinajstić information content (AvgIpc) is 2.88. The van der Waals surface area contributed by atoms with Crippen LogP contribution in [-0.2, 0) is 6.42 Å². The molecule has 2 aromatic carbocycles. The minimum absolute atomic E-state index is 0.452. The van der Waals surface area contributed by atoms with E-state index in [0.29, 0.717) is 12.0 Å². The number of anilines is 1. The van der Waals surface area contributed by atoms with E-state index in [2.05, 4.69) is 72.6 Å². The largest absolute Gasteiger partial charge is 0.366 e. The first kappa shape index (κ1) is 12.3. The van der Waals surface area contributed by atoms with Gasteiger partial charge in [-0.3, -0.25) is 0 Å². The first-order valence-corrected chi connectivity index (χ1v) is 8.17. The van der Waals surface area contributed by atoms with Crippen LogP contribution in [0.1, 0.15) is 46.2 Å². The van der Waals surface area contributed by atoms with Gasteiger partial charge in [-0.25, -0.2) is 0 Å². The molecule has 0 saturated carbocycles. The third kappa shape index (κ3) is 1.49. The Kier molecular flexibility index (Phi) is 2.43. The molecule has 1 heteroatoms. The number of likely N-dealkylation sites (N-methyl/N-ethyl adjacent to an activating group) is 1. The SMILES string of the molecule is CN1c2c(ccc3c2CCC=C3)C2C=Cc3ccccc3C21. The third-order valence-corrected chi connectivity index (χ3v) is 5.48. The molecule has 2 unspecified atom stereocenters. The lowest BCUT2D eigenvalue weighted by molar-refractivity contribution is 0.646. The minimum Gasteiger partial charge on any atom is -0.366 e. The predicted molar refractivity (Wildman–Crippen MR) is 93.2 cm³/mol. The molecule has 0 fully saturated rings. The van der Waals surface area contributed by atoms with Gasteiger partial charge in [-0.1, -0.05) is 60.7 Å². The molecule has 108 valence electrons. The molecule has 2 aliphatic carbocycles. The van der Waals surface area contributed by atoms with Crippen LogP contribution in [0.15, 0.2) is 48.6 Å². The van der Waals surface area contributed by atoms with Crippen LogP contribution in [0.4, 0.5) is 5.69 Å². The Bertz CT molecular complexity index is 828. The summed E-state index contributed by atoms with van der Waals surface area (Å²) in [6.45, 7) is 0. The molecule has 0 bridgehead atoms. The Hall–Kier alpha value is -2.28. The van der Waals surface area contributed by atoms with Crippen LogP contribution in [0.5, 0.6) is 0 Å². The van der Waals surface area contributed by atoms with Gasteiger partial charge >= 0.3 is 0 Å². The van der Waals surface area contributed by atoms with E-state index in [1.807, 2.05) is 0 Å². The fourth-order valence-electron chi connectivity index (χ4n) is 4.51. The van der Waals surface area contributed by atoms with Crippen LogP contribution < -0.4 is 4.90 Å². The molecule has 0 radical (unpaired) electrons. The van der Waals surface area contributed by atoms with Crippen LogP contribution in [-0.4, -0.2) is 7.05 Å². The van der Waals surface area contributed by atoms with Crippen molar-refractivity contribution in [1.29, 1.82) is 0 Å². The van der Waals surface area contributed by atoms with E-state index >= 15 is 0 Å². The van der Waals surface area contributed by atoms with Crippen molar-refractivity contribution >= 4 is 17.8 Å². The molecule has 1 heterocycles. The summed E-state index contributed by atoms with van der Waals surface area (Å²) in [5.41, 5.74) is 8.78. The lowest BCUT2D eigenvalue weighted by Gasteiger charge is -2.31. The van der Waals surface area contributed by atoms with Crippen molar-refractivity contribution < 1.29 is 0 Å². The second-order valence-electron chi connectivity index (χ2n) is 6.58. The number of benzene rings is 2. The van der Waals surface area contributed by atoms with Crippen molar-refractivity contribution in [2.45, 2.75) is 24.8 Å². The summed E-state index contributed by atoms with van der Waals surface area (Å²) in [7, 11) is 2.28. The summed E-state index contributed by atoms with van der Waals surface area (Å²) >= 11 is 0. The van der Waals surface area contributed by atoms with Gasteiger partial charge in [-0.15, -0.1) is 0 Å². The molecule has 5 rings (SSSR count). The predicted octanol–water partition coefficient (Wildman–Crippen LogP) is 4.95. The van der Waals surface area contributed by atoms with E-state index in [4.69, 9.17) is 0 Å². The average molecular weight is 285 g/mol. The van der Waals surface area contributed by atoms with E-state index in [1.54, 1.807) is 5.56 Å². The second-order valence-corrected chi connectivity index (χ2v) is 6.58. The minimum atomic E-state index is 0.452. The summed E-state index contributed by atoms with van der Waals surface area (Å²) in [6, 6.07) is 14.0. The smallest absolute Gasteiger partial charge is 0.0649 e. The first-order valence-electron chi connectivity index (χ1n) is 8.17. The Morgan fingerprint density at radius 1 is 0.955 bits per heavy atom. The molecule has 2 aromatic rings. The molecule has 2 atom stereocenters. The van der Waals surface area contributed by atoms with Gasteiger partial charge in [0, 0.05) is 18.7 Å². The lowest BCUT2D eigenvalue weighted by atomic mass is 9.82. The van der Waals surface area contributed by atoms with Crippen LogP contribution in [0.25, 0.3) is 12.2 Å². The van der Waals surface area contributed by atoms with Gasteiger partial charge in [0.25, 0.3) is 0 Å². The van der Waals surface area contributed by atoms with Crippen molar-refractivity contribution in [2.75, 3.05) is 11.9 Å². The van der Waals surface area contributed by atoms with E-state index in [9.17, 15) is 0 Å². The van der Waals surface area contributed by atoms with Crippen LogP contribution >= 0.6 is 0 Å². The highest BCUT2D eigenvalue weighted by Gasteiger charge is 2.40. The van der Waals surface area contributed by atoms with Crippen molar-refractivity contribution in [3.63, 3.8) is 0 Å². The normalized spacial score (nSPS) is 23.8. The summed E-state index contributed by atoms with van der Waals surface area (Å²) in [5, 5.41) is 0. The van der Waals surface area contributed by atoms with Gasteiger partial charge in [-0.2, -0.15) is 0 Å².